The first kappa shape index (κ1) is 15.1. The summed E-state index contributed by atoms with van der Waals surface area (Å²) in [7, 11) is 0. The number of nitrogens with zero attached hydrogens (tertiary/aromatic N) is 1. The van der Waals surface area contributed by atoms with Crippen molar-refractivity contribution in [3.05, 3.63) is 76.8 Å². The minimum atomic E-state index is 0.463. The number of rotatable bonds is 5. The van der Waals surface area contributed by atoms with E-state index in [1.54, 1.807) is 6.08 Å². The maximum atomic E-state index is 9.35. The minimum Gasteiger partial charge on any atom is -0.490 e. The molecule has 2 aromatic carbocycles. The predicted molar refractivity (Wildman–Crippen MR) is 89.8 cm³/mol. The van der Waals surface area contributed by atoms with Crippen molar-refractivity contribution in [2.24, 2.45) is 0 Å². The van der Waals surface area contributed by atoms with Crippen molar-refractivity contribution in [1.29, 1.82) is 5.26 Å². The quantitative estimate of drug-likeness (QED) is 0.432. The normalized spacial score (nSPS) is 10.8. The highest BCUT2D eigenvalue weighted by Crippen LogP contribution is 2.22. The molecule has 0 aromatic heterocycles. The molecule has 0 unspecified atom stereocenters. The maximum Gasteiger partial charge on any atom is 0.120 e. The summed E-state index contributed by atoms with van der Waals surface area (Å²) in [6, 6.07) is 17.5. The van der Waals surface area contributed by atoms with E-state index in [0.29, 0.717) is 12.2 Å². The van der Waals surface area contributed by atoms with Crippen LogP contribution in [0.15, 0.2) is 65.7 Å². The second-order valence-electron chi connectivity index (χ2n) is 4.35. The zero-order valence-electron chi connectivity index (χ0n) is 11.4. The molecule has 3 heteroatoms. The van der Waals surface area contributed by atoms with Crippen molar-refractivity contribution in [2.45, 2.75) is 0 Å². The summed E-state index contributed by atoms with van der Waals surface area (Å²) in [4.78, 5) is 0. The van der Waals surface area contributed by atoms with Crippen molar-refractivity contribution in [3.63, 3.8) is 0 Å². The zero-order chi connectivity index (χ0) is 15.1. The fourth-order valence-electron chi connectivity index (χ4n) is 1.83. The molecule has 0 atom stereocenters. The Balaban J connectivity index is 2.29. The van der Waals surface area contributed by atoms with Gasteiger partial charge in [-0.1, -0.05) is 52.9 Å². The number of nitriles is 1. The lowest BCUT2D eigenvalue weighted by Gasteiger charge is -2.04. The lowest BCUT2D eigenvalue weighted by molar-refractivity contribution is 0.363. The first-order valence-corrected chi connectivity index (χ1v) is 7.23. The van der Waals surface area contributed by atoms with Crippen LogP contribution in [0.1, 0.15) is 11.1 Å². The van der Waals surface area contributed by atoms with E-state index in [4.69, 9.17) is 4.74 Å². The molecule has 0 bridgehead atoms. The highest BCUT2D eigenvalue weighted by atomic mass is 79.9. The van der Waals surface area contributed by atoms with Crippen molar-refractivity contribution in [1.82, 2.24) is 0 Å². The van der Waals surface area contributed by atoms with Gasteiger partial charge in [0.2, 0.25) is 0 Å². The summed E-state index contributed by atoms with van der Waals surface area (Å²) >= 11 is 3.39. The number of ether oxygens (including phenoxy) is 1. The molecule has 2 nitrogen and oxygen atoms in total. The molecule has 0 aliphatic carbocycles. The van der Waals surface area contributed by atoms with E-state index in [1.165, 1.54) is 0 Å². The lowest BCUT2D eigenvalue weighted by atomic mass is 10.0. The highest BCUT2D eigenvalue weighted by Gasteiger charge is 2.02. The van der Waals surface area contributed by atoms with Gasteiger partial charge in [-0.05, 0) is 41.5 Å². The van der Waals surface area contributed by atoms with E-state index in [2.05, 4.69) is 28.6 Å². The van der Waals surface area contributed by atoms with E-state index >= 15 is 0 Å². The van der Waals surface area contributed by atoms with E-state index in [9.17, 15) is 5.26 Å². The Morgan fingerprint density at radius 1 is 1.24 bits per heavy atom. The van der Waals surface area contributed by atoms with Crippen LogP contribution in [-0.2, 0) is 0 Å². The minimum absolute atomic E-state index is 0.463. The van der Waals surface area contributed by atoms with Crippen LogP contribution in [0.2, 0.25) is 0 Å². The van der Waals surface area contributed by atoms with Crippen LogP contribution in [0.5, 0.6) is 5.75 Å². The van der Waals surface area contributed by atoms with Crippen LogP contribution in [0.3, 0.4) is 0 Å². The molecule has 0 fully saturated rings. The van der Waals surface area contributed by atoms with Crippen molar-refractivity contribution < 1.29 is 4.74 Å². The Bertz CT molecular complexity index is 696. The predicted octanol–water partition coefficient (Wildman–Crippen LogP) is 5.08. The Morgan fingerprint density at radius 3 is 2.67 bits per heavy atom. The van der Waals surface area contributed by atoms with Crippen LogP contribution in [0.25, 0.3) is 11.6 Å². The fourth-order valence-corrected chi connectivity index (χ4v) is 2.09. The second kappa shape index (κ2) is 7.47. The Morgan fingerprint density at radius 2 is 2.00 bits per heavy atom. The molecular weight excluding hydrogens is 326 g/mol. The molecule has 104 valence electrons. The molecule has 0 spiro atoms. The summed E-state index contributed by atoms with van der Waals surface area (Å²) in [6.07, 6.45) is 3.55. The number of halogens is 1. The molecule has 0 amide bonds. The van der Waals surface area contributed by atoms with Crippen LogP contribution in [0, 0.1) is 11.3 Å². The summed E-state index contributed by atoms with van der Waals surface area (Å²) in [5, 5.41) is 9.35. The molecule has 2 aromatic rings. The maximum absolute atomic E-state index is 9.35. The number of benzene rings is 2. The van der Waals surface area contributed by atoms with Gasteiger partial charge in [-0.2, -0.15) is 5.26 Å². The molecule has 0 aliphatic heterocycles. The Labute approximate surface area is 133 Å². The SMILES string of the molecule is C=CCOc1cccc(/C=C(/C#N)c2ccc(Br)cc2)c1. The van der Waals surface area contributed by atoms with E-state index in [-0.39, 0.29) is 0 Å². The standard InChI is InChI=1S/C18H14BrNO/c1-2-10-21-18-5-3-4-14(12-18)11-16(13-20)15-6-8-17(19)9-7-15/h2-9,11-12H,1,10H2/b16-11-. The van der Waals surface area contributed by atoms with Crippen molar-refractivity contribution >= 4 is 27.6 Å². The van der Waals surface area contributed by atoms with Gasteiger partial charge in [0.05, 0.1) is 11.6 Å². The first-order valence-electron chi connectivity index (χ1n) is 6.44. The van der Waals surface area contributed by atoms with Gasteiger partial charge in [0.1, 0.15) is 12.4 Å². The average Bonchev–Trinajstić information content (AvgIpc) is 2.52. The third-order valence-electron chi connectivity index (χ3n) is 2.81. The highest BCUT2D eigenvalue weighted by molar-refractivity contribution is 9.10. The van der Waals surface area contributed by atoms with Gasteiger partial charge in [0.15, 0.2) is 0 Å². The summed E-state index contributed by atoms with van der Waals surface area (Å²) in [6.45, 7) is 4.09. The summed E-state index contributed by atoms with van der Waals surface area (Å²) in [5.74, 6) is 0.761. The molecule has 0 aliphatic rings. The monoisotopic (exact) mass is 339 g/mol. The van der Waals surface area contributed by atoms with Gasteiger partial charge in [0, 0.05) is 4.47 Å². The number of allylic oxidation sites excluding steroid dienone is 1. The molecule has 0 saturated heterocycles. The number of hydrogen-bond donors (Lipinski definition) is 0. The molecule has 21 heavy (non-hydrogen) atoms. The van der Waals surface area contributed by atoms with Crippen LogP contribution in [-0.4, -0.2) is 6.61 Å². The molecule has 0 saturated carbocycles. The lowest BCUT2D eigenvalue weighted by Crippen LogP contribution is -1.92. The molecule has 0 N–H and O–H groups in total. The van der Waals surface area contributed by atoms with Gasteiger partial charge in [-0.15, -0.1) is 0 Å². The molecular formula is C18H14BrNO. The largest absolute Gasteiger partial charge is 0.490 e. The third-order valence-corrected chi connectivity index (χ3v) is 3.34. The van der Waals surface area contributed by atoms with Gasteiger partial charge >= 0.3 is 0 Å². The van der Waals surface area contributed by atoms with Crippen molar-refractivity contribution in [2.75, 3.05) is 6.61 Å². The van der Waals surface area contributed by atoms with Gasteiger partial charge in [-0.3, -0.25) is 0 Å². The van der Waals surface area contributed by atoms with Crippen LogP contribution < -0.4 is 4.74 Å². The Kier molecular flexibility index (Phi) is 5.36. The average molecular weight is 340 g/mol. The summed E-state index contributed by atoms with van der Waals surface area (Å²) < 4.78 is 6.49. The first-order chi connectivity index (χ1) is 10.2. The zero-order valence-corrected chi connectivity index (χ0v) is 13.0. The molecule has 0 heterocycles. The van der Waals surface area contributed by atoms with Crippen LogP contribution in [0.4, 0.5) is 0 Å². The fraction of sp³-hybridized carbons (Fsp3) is 0.0556. The van der Waals surface area contributed by atoms with Crippen LogP contribution >= 0.6 is 15.9 Å². The van der Waals surface area contributed by atoms with Crippen molar-refractivity contribution in [3.8, 4) is 11.8 Å². The van der Waals surface area contributed by atoms with E-state index in [1.807, 2.05) is 54.6 Å². The van der Waals surface area contributed by atoms with E-state index < -0.39 is 0 Å². The summed E-state index contributed by atoms with van der Waals surface area (Å²) in [5.41, 5.74) is 2.43. The number of hydrogen-bond acceptors (Lipinski definition) is 2. The van der Waals surface area contributed by atoms with Gasteiger partial charge in [0.25, 0.3) is 0 Å². The third kappa shape index (κ3) is 4.34. The molecule has 0 radical (unpaired) electrons. The Hall–Kier alpha value is -2.31. The smallest absolute Gasteiger partial charge is 0.120 e. The van der Waals surface area contributed by atoms with E-state index in [0.717, 1.165) is 21.3 Å². The topological polar surface area (TPSA) is 33.0 Å². The second-order valence-corrected chi connectivity index (χ2v) is 5.26. The van der Waals surface area contributed by atoms with Gasteiger partial charge < -0.3 is 4.74 Å². The molecule has 2 rings (SSSR count). The van der Waals surface area contributed by atoms with Gasteiger partial charge in [-0.25, -0.2) is 0 Å².